The molecule has 0 bridgehead atoms. The minimum atomic E-state index is -0.523. The number of aromatic nitrogens is 2. The maximum atomic E-state index is 12.9. The summed E-state index contributed by atoms with van der Waals surface area (Å²) < 4.78 is 25.7. The van der Waals surface area contributed by atoms with Crippen LogP contribution in [0.2, 0.25) is 0 Å². The molecule has 0 unspecified atom stereocenters. The quantitative estimate of drug-likeness (QED) is 0.637. The molecule has 2 aromatic heterocycles. The third-order valence-electron chi connectivity index (χ3n) is 2.60. The average Bonchev–Trinajstić information content (AvgIpc) is 2.72. The average molecular weight is 230 g/mol. The van der Waals surface area contributed by atoms with Crippen LogP contribution in [0.1, 0.15) is 0 Å². The summed E-state index contributed by atoms with van der Waals surface area (Å²) in [6.45, 7) is 0. The van der Waals surface area contributed by atoms with Crippen LogP contribution in [-0.4, -0.2) is 9.97 Å². The van der Waals surface area contributed by atoms with E-state index >= 15 is 0 Å². The predicted molar refractivity (Wildman–Crippen MR) is 61.4 cm³/mol. The Bertz CT molecular complexity index is 671. The second-order valence-corrected chi connectivity index (χ2v) is 3.76. The van der Waals surface area contributed by atoms with Gasteiger partial charge >= 0.3 is 0 Å². The maximum Gasteiger partial charge on any atom is 0.214 e. The molecule has 1 aromatic carbocycles. The third kappa shape index (κ3) is 1.78. The van der Waals surface area contributed by atoms with Crippen molar-refractivity contribution in [2.75, 3.05) is 0 Å². The van der Waals surface area contributed by atoms with Gasteiger partial charge in [0.1, 0.15) is 11.5 Å². The number of fused-ring (bicyclic) bond motifs is 1. The van der Waals surface area contributed by atoms with Crippen LogP contribution >= 0.6 is 0 Å². The van der Waals surface area contributed by atoms with Crippen LogP contribution in [0.4, 0.5) is 8.78 Å². The van der Waals surface area contributed by atoms with E-state index in [-0.39, 0.29) is 5.82 Å². The SMILES string of the molecule is Fc1ccc(-c2cc3ccc(F)nc3[nH]2)cc1. The molecule has 3 aromatic rings. The molecule has 0 saturated carbocycles. The van der Waals surface area contributed by atoms with Gasteiger partial charge in [-0.1, -0.05) is 0 Å². The van der Waals surface area contributed by atoms with Gasteiger partial charge in [0.15, 0.2) is 0 Å². The van der Waals surface area contributed by atoms with Gasteiger partial charge in [0.05, 0.1) is 0 Å². The van der Waals surface area contributed by atoms with Crippen LogP contribution in [0.3, 0.4) is 0 Å². The lowest BCUT2D eigenvalue weighted by molar-refractivity contribution is 0.588. The van der Waals surface area contributed by atoms with Crippen molar-refractivity contribution in [2.24, 2.45) is 0 Å². The first kappa shape index (κ1) is 9.96. The molecule has 0 atom stereocenters. The fraction of sp³-hybridized carbons (Fsp3) is 0. The van der Waals surface area contributed by atoms with E-state index in [1.165, 1.54) is 18.2 Å². The molecule has 1 N–H and O–H groups in total. The monoisotopic (exact) mass is 230 g/mol. The zero-order valence-corrected chi connectivity index (χ0v) is 8.74. The standard InChI is InChI=1S/C13H8F2N2/c14-10-4-1-8(2-5-10)11-7-9-3-6-12(15)17-13(9)16-11/h1-7H,(H,16,17). The van der Waals surface area contributed by atoms with Gasteiger partial charge in [-0.3, -0.25) is 0 Å². The molecule has 0 fully saturated rings. The van der Waals surface area contributed by atoms with E-state index in [0.717, 1.165) is 16.6 Å². The summed E-state index contributed by atoms with van der Waals surface area (Å²) in [6.07, 6.45) is 0. The first-order chi connectivity index (χ1) is 8.22. The summed E-state index contributed by atoms with van der Waals surface area (Å²) in [5, 5.41) is 0.825. The second-order valence-electron chi connectivity index (χ2n) is 3.76. The zero-order valence-electron chi connectivity index (χ0n) is 8.74. The number of H-pyrrole nitrogens is 1. The molecule has 0 aliphatic carbocycles. The van der Waals surface area contributed by atoms with Crippen molar-refractivity contribution in [3.05, 3.63) is 54.2 Å². The summed E-state index contributed by atoms with van der Waals surface area (Å²) in [4.78, 5) is 6.74. The molecule has 0 aliphatic rings. The fourth-order valence-electron chi connectivity index (χ4n) is 1.77. The van der Waals surface area contributed by atoms with Gasteiger partial charge in [0.2, 0.25) is 5.95 Å². The van der Waals surface area contributed by atoms with E-state index in [1.807, 2.05) is 6.07 Å². The molecule has 0 spiro atoms. The van der Waals surface area contributed by atoms with Crippen molar-refractivity contribution >= 4 is 11.0 Å². The van der Waals surface area contributed by atoms with Crippen LogP contribution < -0.4 is 0 Å². The smallest absolute Gasteiger partial charge is 0.214 e. The van der Waals surface area contributed by atoms with Crippen LogP contribution in [0.5, 0.6) is 0 Å². The molecule has 4 heteroatoms. The van der Waals surface area contributed by atoms with Crippen molar-refractivity contribution in [3.8, 4) is 11.3 Å². The minimum Gasteiger partial charge on any atom is -0.339 e. The van der Waals surface area contributed by atoms with Gasteiger partial charge in [-0.15, -0.1) is 0 Å². The van der Waals surface area contributed by atoms with E-state index in [4.69, 9.17) is 0 Å². The maximum absolute atomic E-state index is 12.9. The Morgan fingerprint density at radius 2 is 1.71 bits per heavy atom. The first-order valence-electron chi connectivity index (χ1n) is 5.13. The lowest BCUT2D eigenvalue weighted by Gasteiger charge is -1.96. The minimum absolute atomic E-state index is 0.283. The van der Waals surface area contributed by atoms with Crippen molar-refractivity contribution in [1.82, 2.24) is 9.97 Å². The Labute approximate surface area is 95.9 Å². The molecule has 0 radical (unpaired) electrons. The number of rotatable bonds is 1. The number of hydrogen-bond donors (Lipinski definition) is 1. The summed E-state index contributed by atoms with van der Waals surface area (Å²) in [5.41, 5.74) is 2.12. The van der Waals surface area contributed by atoms with Gasteiger partial charge in [0.25, 0.3) is 0 Å². The molecule has 0 saturated heterocycles. The van der Waals surface area contributed by atoms with Crippen molar-refractivity contribution < 1.29 is 8.78 Å². The molecule has 2 nitrogen and oxygen atoms in total. The summed E-state index contributed by atoms with van der Waals surface area (Å²) in [5.74, 6) is -0.806. The second kappa shape index (κ2) is 3.66. The third-order valence-corrected chi connectivity index (χ3v) is 2.60. The number of halogens is 2. The highest BCUT2D eigenvalue weighted by Crippen LogP contribution is 2.23. The van der Waals surface area contributed by atoms with Gasteiger partial charge in [-0.05, 0) is 48.0 Å². The van der Waals surface area contributed by atoms with Gasteiger partial charge in [-0.25, -0.2) is 9.37 Å². The number of pyridine rings is 1. The Morgan fingerprint density at radius 1 is 0.941 bits per heavy atom. The molecule has 17 heavy (non-hydrogen) atoms. The van der Waals surface area contributed by atoms with Gasteiger partial charge < -0.3 is 4.98 Å². The van der Waals surface area contributed by atoms with Crippen LogP contribution in [0, 0.1) is 11.8 Å². The fourth-order valence-corrected chi connectivity index (χ4v) is 1.77. The lowest BCUT2D eigenvalue weighted by Crippen LogP contribution is -1.82. The van der Waals surface area contributed by atoms with Crippen LogP contribution in [-0.2, 0) is 0 Å². The molecule has 0 aliphatic heterocycles. The highest BCUT2D eigenvalue weighted by atomic mass is 19.1. The summed E-state index contributed by atoms with van der Waals surface area (Å²) >= 11 is 0. The highest BCUT2D eigenvalue weighted by Gasteiger charge is 2.05. The zero-order chi connectivity index (χ0) is 11.8. The predicted octanol–water partition coefficient (Wildman–Crippen LogP) is 3.51. The Hall–Kier alpha value is -2.23. The van der Waals surface area contributed by atoms with Crippen molar-refractivity contribution in [1.29, 1.82) is 0 Å². The number of hydrogen-bond acceptors (Lipinski definition) is 1. The van der Waals surface area contributed by atoms with Crippen molar-refractivity contribution in [3.63, 3.8) is 0 Å². The van der Waals surface area contributed by atoms with E-state index in [2.05, 4.69) is 9.97 Å². The van der Waals surface area contributed by atoms with Crippen molar-refractivity contribution in [2.45, 2.75) is 0 Å². The summed E-state index contributed by atoms with van der Waals surface area (Å²) in [7, 11) is 0. The number of aromatic amines is 1. The topological polar surface area (TPSA) is 28.7 Å². The van der Waals surface area contributed by atoms with E-state index in [9.17, 15) is 8.78 Å². The molecule has 3 rings (SSSR count). The molecule has 0 amide bonds. The first-order valence-corrected chi connectivity index (χ1v) is 5.13. The summed E-state index contributed by atoms with van der Waals surface area (Å²) in [6, 6.07) is 10.9. The van der Waals surface area contributed by atoms with Gasteiger partial charge in [0, 0.05) is 11.1 Å². The van der Waals surface area contributed by atoms with Crippen LogP contribution in [0.25, 0.3) is 22.3 Å². The number of nitrogens with one attached hydrogen (secondary N) is 1. The molecular formula is C13H8F2N2. The molecular weight excluding hydrogens is 222 g/mol. The largest absolute Gasteiger partial charge is 0.339 e. The van der Waals surface area contributed by atoms with E-state index in [1.54, 1.807) is 18.2 Å². The van der Waals surface area contributed by atoms with E-state index < -0.39 is 5.95 Å². The Balaban J connectivity index is 2.14. The van der Waals surface area contributed by atoms with Gasteiger partial charge in [-0.2, -0.15) is 4.39 Å². The number of benzene rings is 1. The van der Waals surface area contributed by atoms with Crippen LogP contribution in [0.15, 0.2) is 42.5 Å². The lowest BCUT2D eigenvalue weighted by atomic mass is 10.1. The normalized spacial score (nSPS) is 10.9. The Morgan fingerprint density at radius 3 is 2.47 bits per heavy atom. The van der Waals surface area contributed by atoms with E-state index in [0.29, 0.717) is 5.65 Å². The Kier molecular flexibility index (Phi) is 2.14. The molecule has 2 heterocycles. The molecule has 84 valence electrons. The number of nitrogens with zero attached hydrogens (tertiary/aromatic N) is 1. The highest BCUT2D eigenvalue weighted by molar-refractivity contribution is 5.82.